The van der Waals surface area contributed by atoms with E-state index in [1.54, 1.807) is 18.2 Å². The van der Waals surface area contributed by atoms with Crippen LogP contribution in [0.3, 0.4) is 0 Å². The molecule has 0 fully saturated rings. The maximum Gasteiger partial charge on any atom is 0.275 e. The molecule has 0 aromatic heterocycles. The van der Waals surface area contributed by atoms with Gasteiger partial charge in [0.2, 0.25) is 0 Å². The fourth-order valence-corrected chi connectivity index (χ4v) is 2.46. The molecule has 4 heteroatoms. The second kappa shape index (κ2) is 9.69. The summed E-state index contributed by atoms with van der Waals surface area (Å²) in [6, 6.07) is 26.0. The minimum atomic E-state index is -0.475. The van der Waals surface area contributed by atoms with Crippen molar-refractivity contribution >= 4 is 23.8 Å². The fraction of sp³-hybridized carbons (Fsp3) is 0. The van der Waals surface area contributed by atoms with Crippen molar-refractivity contribution in [2.75, 3.05) is 0 Å². The van der Waals surface area contributed by atoms with Crippen molar-refractivity contribution < 1.29 is 9.90 Å². The molecule has 0 spiro atoms. The SMILES string of the molecule is O=C(NN=C(C=Cc1ccccc1)C=Cc1ccccc1)c1ccccc1O. The van der Waals surface area contributed by atoms with Gasteiger partial charge < -0.3 is 5.11 Å². The number of carbonyl (C=O) groups is 1. The van der Waals surface area contributed by atoms with E-state index in [0.717, 1.165) is 11.1 Å². The van der Waals surface area contributed by atoms with E-state index in [-0.39, 0.29) is 11.3 Å². The quantitative estimate of drug-likeness (QED) is 0.480. The zero-order chi connectivity index (χ0) is 19.6. The zero-order valence-electron chi connectivity index (χ0n) is 15.2. The van der Waals surface area contributed by atoms with Crippen LogP contribution in [0.1, 0.15) is 21.5 Å². The van der Waals surface area contributed by atoms with E-state index in [2.05, 4.69) is 10.5 Å². The van der Waals surface area contributed by atoms with E-state index >= 15 is 0 Å². The molecule has 0 saturated heterocycles. The van der Waals surface area contributed by atoms with E-state index < -0.39 is 5.91 Å². The number of rotatable bonds is 6. The average Bonchev–Trinajstić information content (AvgIpc) is 2.75. The number of allylic oxidation sites excluding steroid dienone is 2. The van der Waals surface area contributed by atoms with Gasteiger partial charge in [0.1, 0.15) is 5.75 Å². The summed E-state index contributed by atoms with van der Waals surface area (Å²) >= 11 is 0. The Balaban J connectivity index is 1.81. The van der Waals surface area contributed by atoms with Gasteiger partial charge in [-0.25, -0.2) is 5.43 Å². The molecule has 0 atom stereocenters. The van der Waals surface area contributed by atoms with Gasteiger partial charge in [0.05, 0.1) is 11.3 Å². The van der Waals surface area contributed by atoms with E-state index in [1.807, 2.05) is 85.0 Å². The van der Waals surface area contributed by atoms with Gasteiger partial charge in [-0.05, 0) is 35.4 Å². The number of amides is 1. The summed E-state index contributed by atoms with van der Waals surface area (Å²) in [4.78, 5) is 12.3. The monoisotopic (exact) mass is 368 g/mol. The normalized spacial score (nSPS) is 10.9. The zero-order valence-corrected chi connectivity index (χ0v) is 15.2. The molecule has 3 rings (SSSR count). The molecular weight excluding hydrogens is 348 g/mol. The Morgan fingerprint density at radius 2 is 1.25 bits per heavy atom. The van der Waals surface area contributed by atoms with Crippen molar-refractivity contribution in [3.8, 4) is 5.75 Å². The number of hydrogen-bond acceptors (Lipinski definition) is 3. The maximum absolute atomic E-state index is 12.3. The summed E-state index contributed by atoms with van der Waals surface area (Å²) in [6.07, 6.45) is 7.47. The molecule has 0 bridgehead atoms. The van der Waals surface area contributed by atoms with E-state index in [1.165, 1.54) is 6.07 Å². The van der Waals surface area contributed by atoms with Crippen molar-refractivity contribution in [2.45, 2.75) is 0 Å². The molecule has 2 N–H and O–H groups in total. The van der Waals surface area contributed by atoms with Gasteiger partial charge in [-0.15, -0.1) is 0 Å². The topological polar surface area (TPSA) is 61.7 Å². The van der Waals surface area contributed by atoms with Crippen LogP contribution >= 0.6 is 0 Å². The standard InChI is InChI=1S/C24H20N2O2/c27-23-14-8-7-13-22(23)24(28)26-25-21(17-15-19-9-3-1-4-10-19)18-16-20-11-5-2-6-12-20/h1-18,27H,(H,26,28). The third-order valence-corrected chi connectivity index (χ3v) is 3.93. The van der Waals surface area contributed by atoms with Gasteiger partial charge in [0.15, 0.2) is 0 Å². The summed E-state index contributed by atoms with van der Waals surface area (Å²) in [5.74, 6) is -0.562. The second-order valence-corrected chi connectivity index (χ2v) is 5.98. The Morgan fingerprint density at radius 1 is 0.750 bits per heavy atom. The number of nitrogens with zero attached hydrogens (tertiary/aromatic N) is 1. The Morgan fingerprint density at radius 3 is 1.79 bits per heavy atom. The first-order valence-electron chi connectivity index (χ1n) is 8.85. The third-order valence-electron chi connectivity index (χ3n) is 3.93. The van der Waals surface area contributed by atoms with E-state index in [0.29, 0.717) is 5.71 Å². The van der Waals surface area contributed by atoms with Crippen LogP contribution < -0.4 is 5.43 Å². The van der Waals surface area contributed by atoms with Gasteiger partial charge in [-0.2, -0.15) is 5.10 Å². The maximum atomic E-state index is 12.3. The molecule has 0 unspecified atom stereocenters. The molecule has 0 aliphatic rings. The summed E-state index contributed by atoms with van der Waals surface area (Å²) in [5, 5.41) is 14.0. The average molecular weight is 368 g/mol. The lowest BCUT2D eigenvalue weighted by Crippen LogP contribution is -2.18. The first-order chi connectivity index (χ1) is 13.7. The van der Waals surface area contributed by atoms with Gasteiger partial charge in [0.25, 0.3) is 5.91 Å². The fourth-order valence-electron chi connectivity index (χ4n) is 2.46. The molecule has 0 saturated carbocycles. The Kier molecular flexibility index (Phi) is 6.53. The Hall–Kier alpha value is -3.92. The van der Waals surface area contributed by atoms with Crippen LogP contribution in [0.15, 0.2) is 102 Å². The summed E-state index contributed by atoms with van der Waals surface area (Å²) in [7, 11) is 0. The van der Waals surface area contributed by atoms with Gasteiger partial charge in [-0.3, -0.25) is 4.79 Å². The van der Waals surface area contributed by atoms with Gasteiger partial charge in [-0.1, -0.05) is 84.9 Å². The highest BCUT2D eigenvalue weighted by molar-refractivity contribution is 6.09. The van der Waals surface area contributed by atoms with Crippen LogP contribution in [-0.4, -0.2) is 16.7 Å². The third kappa shape index (κ3) is 5.54. The molecule has 0 aliphatic heterocycles. The number of benzene rings is 3. The van der Waals surface area contributed by atoms with Gasteiger partial charge >= 0.3 is 0 Å². The minimum absolute atomic E-state index is 0.0867. The van der Waals surface area contributed by atoms with Crippen molar-refractivity contribution in [1.82, 2.24) is 5.43 Å². The lowest BCUT2D eigenvalue weighted by atomic mass is 10.1. The molecule has 138 valence electrons. The number of hydrazone groups is 1. The molecule has 3 aromatic carbocycles. The molecule has 0 aliphatic carbocycles. The van der Waals surface area contributed by atoms with E-state index in [4.69, 9.17) is 0 Å². The predicted octanol–water partition coefficient (Wildman–Crippen LogP) is 4.90. The van der Waals surface area contributed by atoms with Crippen molar-refractivity contribution in [1.29, 1.82) is 0 Å². The van der Waals surface area contributed by atoms with Crippen LogP contribution in [0.2, 0.25) is 0 Å². The first kappa shape index (κ1) is 18.9. The summed E-state index contributed by atoms with van der Waals surface area (Å²) in [6.45, 7) is 0. The summed E-state index contributed by atoms with van der Waals surface area (Å²) in [5.41, 5.74) is 5.28. The highest BCUT2D eigenvalue weighted by Crippen LogP contribution is 2.15. The lowest BCUT2D eigenvalue weighted by Gasteiger charge is -2.03. The van der Waals surface area contributed by atoms with Crippen molar-refractivity contribution in [3.63, 3.8) is 0 Å². The summed E-state index contributed by atoms with van der Waals surface area (Å²) < 4.78 is 0. The van der Waals surface area contributed by atoms with E-state index in [9.17, 15) is 9.90 Å². The number of hydrogen-bond donors (Lipinski definition) is 2. The number of nitrogens with one attached hydrogen (secondary N) is 1. The van der Waals surface area contributed by atoms with Crippen molar-refractivity contribution in [3.05, 3.63) is 114 Å². The molecule has 0 radical (unpaired) electrons. The van der Waals surface area contributed by atoms with Crippen LogP contribution in [0.5, 0.6) is 5.75 Å². The molecule has 4 nitrogen and oxygen atoms in total. The number of carbonyl (C=O) groups excluding carboxylic acids is 1. The number of phenolic OH excluding ortho intramolecular Hbond substituents is 1. The molecule has 0 heterocycles. The van der Waals surface area contributed by atoms with Crippen LogP contribution in [0, 0.1) is 0 Å². The molecule has 3 aromatic rings. The highest BCUT2D eigenvalue weighted by atomic mass is 16.3. The van der Waals surface area contributed by atoms with Crippen molar-refractivity contribution in [2.24, 2.45) is 5.10 Å². The largest absolute Gasteiger partial charge is 0.507 e. The molecule has 1 amide bonds. The highest BCUT2D eigenvalue weighted by Gasteiger charge is 2.08. The number of aromatic hydroxyl groups is 1. The minimum Gasteiger partial charge on any atom is -0.507 e. The number of phenols is 1. The smallest absolute Gasteiger partial charge is 0.275 e. The Bertz CT molecular complexity index is 956. The lowest BCUT2D eigenvalue weighted by molar-refractivity contribution is 0.0952. The molecular formula is C24H20N2O2. The first-order valence-corrected chi connectivity index (χ1v) is 8.85. The Labute approximate surface area is 164 Å². The molecule has 28 heavy (non-hydrogen) atoms. The van der Waals surface area contributed by atoms with Crippen LogP contribution in [0.4, 0.5) is 0 Å². The predicted molar refractivity (Wildman–Crippen MR) is 114 cm³/mol. The number of para-hydroxylation sites is 1. The van der Waals surface area contributed by atoms with Crippen LogP contribution in [-0.2, 0) is 0 Å². The van der Waals surface area contributed by atoms with Crippen LogP contribution in [0.25, 0.3) is 12.2 Å². The van der Waals surface area contributed by atoms with Gasteiger partial charge in [0, 0.05) is 0 Å². The second-order valence-electron chi connectivity index (χ2n) is 5.98.